The molecule has 0 aromatic rings. The smallest absolute Gasteiger partial charge is 0.0249 e. The summed E-state index contributed by atoms with van der Waals surface area (Å²) in [5.74, 6) is 0.769. The van der Waals surface area contributed by atoms with E-state index in [2.05, 4.69) is 44.5 Å². The minimum atomic E-state index is 0.695. The average Bonchev–Trinajstić information content (AvgIpc) is 2.20. The van der Waals surface area contributed by atoms with Gasteiger partial charge in [0.2, 0.25) is 0 Å². The molecule has 1 aliphatic rings. The summed E-state index contributed by atoms with van der Waals surface area (Å²) in [4.78, 5) is 5.09. The lowest BCUT2D eigenvalue weighted by molar-refractivity contribution is 0.0398. The van der Waals surface area contributed by atoms with E-state index in [1.165, 1.54) is 19.6 Å². The van der Waals surface area contributed by atoms with E-state index in [4.69, 9.17) is 0 Å². The third-order valence-corrected chi connectivity index (χ3v) is 3.10. The lowest BCUT2D eigenvalue weighted by Gasteiger charge is -2.44. The molecular weight excluding hydrogens is 184 g/mol. The topological polar surface area (TPSA) is 6.48 Å². The van der Waals surface area contributed by atoms with Crippen LogP contribution >= 0.6 is 0 Å². The van der Waals surface area contributed by atoms with E-state index in [1.807, 2.05) is 13.8 Å². The van der Waals surface area contributed by atoms with Crippen molar-refractivity contribution >= 4 is 0 Å². The number of nitrogens with zero attached hydrogens (tertiary/aromatic N) is 2. The summed E-state index contributed by atoms with van der Waals surface area (Å²) in [5.41, 5.74) is 0. The van der Waals surface area contributed by atoms with Crippen LogP contribution in [0.3, 0.4) is 0 Å². The van der Waals surface area contributed by atoms with Gasteiger partial charge in [-0.05, 0) is 26.8 Å². The first-order chi connectivity index (χ1) is 7.02. The molecule has 0 amide bonds. The fourth-order valence-electron chi connectivity index (χ4n) is 2.20. The molecule has 0 spiro atoms. The van der Waals surface area contributed by atoms with Gasteiger partial charge >= 0.3 is 0 Å². The molecule has 2 heteroatoms. The van der Waals surface area contributed by atoms with Crippen LogP contribution in [0.1, 0.15) is 41.5 Å². The highest BCUT2D eigenvalue weighted by atomic mass is 15.3. The van der Waals surface area contributed by atoms with Crippen LogP contribution in [0.5, 0.6) is 0 Å². The van der Waals surface area contributed by atoms with Gasteiger partial charge in [0.15, 0.2) is 0 Å². The van der Waals surface area contributed by atoms with Crippen molar-refractivity contribution in [1.29, 1.82) is 0 Å². The second-order valence-corrected chi connectivity index (χ2v) is 4.91. The molecule has 1 atom stereocenters. The highest BCUT2D eigenvalue weighted by molar-refractivity contribution is 4.84. The van der Waals surface area contributed by atoms with Crippen LogP contribution in [0.25, 0.3) is 0 Å². The van der Waals surface area contributed by atoms with Crippen LogP contribution in [0.4, 0.5) is 0 Å². The predicted octanol–water partition coefficient (Wildman–Crippen LogP) is 2.69. The molecule has 1 rings (SSSR count). The van der Waals surface area contributed by atoms with Crippen molar-refractivity contribution in [1.82, 2.24) is 9.80 Å². The van der Waals surface area contributed by atoms with E-state index >= 15 is 0 Å². The van der Waals surface area contributed by atoms with Gasteiger partial charge in [0.1, 0.15) is 0 Å². The predicted molar refractivity (Wildman–Crippen MR) is 69.3 cm³/mol. The van der Waals surface area contributed by atoms with E-state index in [9.17, 15) is 0 Å². The molecule has 1 aliphatic heterocycles. The fourth-order valence-corrected chi connectivity index (χ4v) is 2.20. The molecule has 2 nitrogen and oxygen atoms in total. The number of piperazine rings is 1. The SMILES string of the molecule is CC.CC(C)C1CN(C)CCN1C(C)C. The van der Waals surface area contributed by atoms with Crippen molar-refractivity contribution in [2.45, 2.75) is 53.6 Å². The highest BCUT2D eigenvalue weighted by Gasteiger charge is 2.28. The zero-order chi connectivity index (χ0) is 12.0. The van der Waals surface area contributed by atoms with Crippen LogP contribution in [0.2, 0.25) is 0 Å². The lowest BCUT2D eigenvalue weighted by Crippen LogP contribution is -2.56. The van der Waals surface area contributed by atoms with Crippen LogP contribution in [0.15, 0.2) is 0 Å². The van der Waals surface area contributed by atoms with Crippen molar-refractivity contribution in [2.24, 2.45) is 5.92 Å². The van der Waals surface area contributed by atoms with Gasteiger partial charge in [-0.25, -0.2) is 0 Å². The van der Waals surface area contributed by atoms with Crippen LogP contribution in [-0.2, 0) is 0 Å². The van der Waals surface area contributed by atoms with Gasteiger partial charge in [-0.1, -0.05) is 27.7 Å². The molecule has 0 aromatic heterocycles. The van der Waals surface area contributed by atoms with E-state index < -0.39 is 0 Å². The molecule has 0 saturated carbocycles. The van der Waals surface area contributed by atoms with Gasteiger partial charge in [-0.2, -0.15) is 0 Å². The largest absolute Gasteiger partial charge is 0.304 e. The maximum atomic E-state index is 2.64. The normalized spacial score (nSPS) is 24.2. The van der Waals surface area contributed by atoms with E-state index in [0.29, 0.717) is 6.04 Å². The molecule has 1 saturated heterocycles. The Bertz CT molecular complexity index is 155. The molecule has 15 heavy (non-hydrogen) atoms. The van der Waals surface area contributed by atoms with Gasteiger partial charge < -0.3 is 4.90 Å². The van der Waals surface area contributed by atoms with Gasteiger partial charge in [0.05, 0.1) is 0 Å². The second kappa shape index (κ2) is 7.24. The summed E-state index contributed by atoms with van der Waals surface area (Å²) >= 11 is 0. The molecule has 1 fully saturated rings. The Labute approximate surface area is 96.6 Å². The van der Waals surface area contributed by atoms with Crippen molar-refractivity contribution in [2.75, 3.05) is 26.7 Å². The maximum absolute atomic E-state index is 2.64. The van der Waals surface area contributed by atoms with Crippen molar-refractivity contribution in [3.05, 3.63) is 0 Å². The Hall–Kier alpha value is -0.0800. The lowest BCUT2D eigenvalue weighted by atomic mass is 9.98. The first kappa shape index (κ1) is 14.9. The monoisotopic (exact) mass is 214 g/mol. The minimum Gasteiger partial charge on any atom is -0.304 e. The first-order valence-electron chi connectivity index (χ1n) is 6.46. The molecule has 0 aromatic carbocycles. The fraction of sp³-hybridized carbons (Fsp3) is 1.00. The summed E-state index contributed by atoms with van der Waals surface area (Å²) < 4.78 is 0. The molecular formula is C13H30N2. The first-order valence-corrected chi connectivity index (χ1v) is 6.46. The van der Waals surface area contributed by atoms with E-state index in [1.54, 1.807) is 0 Å². The molecule has 1 heterocycles. The molecule has 92 valence electrons. The van der Waals surface area contributed by atoms with E-state index in [-0.39, 0.29) is 0 Å². The van der Waals surface area contributed by atoms with Gasteiger partial charge in [-0.15, -0.1) is 0 Å². The zero-order valence-electron chi connectivity index (χ0n) is 11.7. The summed E-state index contributed by atoms with van der Waals surface area (Å²) in [7, 11) is 2.23. The molecule has 1 unspecified atom stereocenters. The molecule has 0 radical (unpaired) electrons. The van der Waals surface area contributed by atoms with Crippen LogP contribution in [0, 0.1) is 5.92 Å². The number of hydrogen-bond acceptors (Lipinski definition) is 2. The standard InChI is InChI=1S/C11H24N2.C2H6/c1-9(2)11-8-12(5)6-7-13(11)10(3)4;1-2/h9-11H,6-8H2,1-5H3;1-2H3. The van der Waals surface area contributed by atoms with Gasteiger partial charge in [0, 0.05) is 31.7 Å². The highest BCUT2D eigenvalue weighted by Crippen LogP contribution is 2.18. The summed E-state index contributed by atoms with van der Waals surface area (Å²) in [6.45, 7) is 17.0. The number of hydrogen-bond donors (Lipinski definition) is 0. The van der Waals surface area contributed by atoms with Crippen molar-refractivity contribution < 1.29 is 0 Å². The molecule has 0 aliphatic carbocycles. The Balaban J connectivity index is 0.000000921. The number of likely N-dealkylation sites (N-methyl/N-ethyl adjacent to an activating group) is 1. The molecule has 0 bridgehead atoms. The third-order valence-electron chi connectivity index (χ3n) is 3.10. The average molecular weight is 214 g/mol. The minimum absolute atomic E-state index is 0.695. The number of rotatable bonds is 2. The molecule has 0 N–H and O–H groups in total. The van der Waals surface area contributed by atoms with Crippen molar-refractivity contribution in [3.8, 4) is 0 Å². The van der Waals surface area contributed by atoms with Gasteiger partial charge in [-0.3, -0.25) is 4.90 Å². The Morgan fingerprint density at radius 1 is 1.00 bits per heavy atom. The van der Waals surface area contributed by atoms with Crippen LogP contribution < -0.4 is 0 Å². The van der Waals surface area contributed by atoms with Crippen molar-refractivity contribution in [3.63, 3.8) is 0 Å². The van der Waals surface area contributed by atoms with E-state index in [0.717, 1.165) is 12.0 Å². The Morgan fingerprint density at radius 3 is 1.93 bits per heavy atom. The zero-order valence-corrected chi connectivity index (χ0v) is 11.7. The summed E-state index contributed by atoms with van der Waals surface area (Å²) in [6.07, 6.45) is 0. The Kier molecular flexibility index (Phi) is 7.20. The third kappa shape index (κ3) is 4.52. The summed E-state index contributed by atoms with van der Waals surface area (Å²) in [6, 6.07) is 1.44. The summed E-state index contributed by atoms with van der Waals surface area (Å²) in [5, 5.41) is 0. The maximum Gasteiger partial charge on any atom is 0.0249 e. The Morgan fingerprint density at radius 2 is 1.53 bits per heavy atom. The quantitative estimate of drug-likeness (QED) is 0.697. The second-order valence-electron chi connectivity index (χ2n) is 4.91. The van der Waals surface area contributed by atoms with Crippen LogP contribution in [-0.4, -0.2) is 48.6 Å². The van der Waals surface area contributed by atoms with Gasteiger partial charge in [0.25, 0.3) is 0 Å².